The maximum absolute atomic E-state index is 13.3. The van der Waals surface area contributed by atoms with Gasteiger partial charge in [0, 0.05) is 24.3 Å². The number of furan rings is 1. The van der Waals surface area contributed by atoms with E-state index in [-0.39, 0.29) is 5.02 Å². The van der Waals surface area contributed by atoms with E-state index >= 15 is 0 Å². The summed E-state index contributed by atoms with van der Waals surface area (Å²) >= 11 is 12.3. The van der Waals surface area contributed by atoms with Crippen LogP contribution in [0, 0.1) is 5.82 Å². The summed E-state index contributed by atoms with van der Waals surface area (Å²) in [5.74, 6) is 0.944. The predicted octanol–water partition coefficient (Wildman–Crippen LogP) is 5.84. The number of nitrogens with one attached hydrogen (secondary N) is 1. The number of halogens is 3. The molecule has 7 heteroatoms. The molecule has 1 N–H and O–H groups in total. The Morgan fingerprint density at radius 1 is 0.964 bits per heavy atom. The minimum atomic E-state index is -0.448. The zero-order valence-corrected chi connectivity index (χ0v) is 16.6. The van der Waals surface area contributed by atoms with E-state index in [2.05, 4.69) is 10.2 Å². The highest BCUT2D eigenvalue weighted by Crippen LogP contribution is 2.30. The lowest BCUT2D eigenvalue weighted by Gasteiger charge is -2.29. The maximum Gasteiger partial charge on any atom is 0.141 e. The molecule has 0 saturated carbocycles. The summed E-state index contributed by atoms with van der Waals surface area (Å²) in [4.78, 5) is 2.22. The smallest absolute Gasteiger partial charge is 0.141 e. The summed E-state index contributed by atoms with van der Waals surface area (Å²) in [5.41, 5.74) is 2.66. The number of morpholine rings is 1. The normalized spacial score (nSPS) is 14.3. The average molecular weight is 421 g/mol. The lowest BCUT2D eigenvalue weighted by atomic mass is 10.2. The summed E-state index contributed by atoms with van der Waals surface area (Å²) in [5, 5.41) is 4.08. The molecule has 1 fully saturated rings. The van der Waals surface area contributed by atoms with E-state index in [1.807, 2.05) is 30.3 Å². The fraction of sp³-hybridized carbons (Fsp3) is 0.238. The average Bonchev–Trinajstić information content (AvgIpc) is 3.18. The van der Waals surface area contributed by atoms with Crippen molar-refractivity contribution in [2.45, 2.75) is 6.54 Å². The largest absolute Gasteiger partial charge is 0.459 e. The molecule has 0 unspecified atom stereocenters. The van der Waals surface area contributed by atoms with Crippen molar-refractivity contribution in [3.8, 4) is 11.3 Å². The van der Waals surface area contributed by atoms with Crippen LogP contribution < -0.4 is 10.2 Å². The minimum absolute atomic E-state index is 0.0728. The highest BCUT2D eigenvalue weighted by atomic mass is 35.5. The van der Waals surface area contributed by atoms with Gasteiger partial charge in [0.15, 0.2) is 0 Å². The quantitative estimate of drug-likeness (QED) is 0.562. The Hall–Kier alpha value is -2.21. The third-order valence-corrected chi connectivity index (χ3v) is 5.22. The lowest BCUT2D eigenvalue weighted by Crippen LogP contribution is -2.36. The van der Waals surface area contributed by atoms with E-state index in [1.54, 1.807) is 12.1 Å². The van der Waals surface area contributed by atoms with Gasteiger partial charge in [0.05, 0.1) is 35.5 Å². The van der Waals surface area contributed by atoms with Crippen LogP contribution in [-0.4, -0.2) is 26.3 Å². The molecule has 1 aliphatic rings. The Labute approximate surface area is 172 Å². The molecule has 2 aromatic carbocycles. The molecule has 0 atom stereocenters. The van der Waals surface area contributed by atoms with Crippen LogP contribution in [0.2, 0.25) is 10.0 Å². The topological polar surface area (TPSA) is 37.6 Å². The van der Waals surface area contributed by atoms with Gasteiger partial charge in [-0.1, -0.05) is 23.2 Å². The molecule has 0 radical (unpaired) electrons. The molecule has 4 rings (SSSR count). The first-order valence-corrected chi connectivity index (χ1v) is 9.76. The molecule has 0 spiro atoms. The second-order valence-electron chi connectivity index (χ2n) is 6.51. The summed E-state index contributed by atoms with van der Waals surface area (Å²) in [6.45, 7) is 3.62. The Bertz CT molecular complexity index is 971. The molecule has 0 aliphatic carbocycles. The van der Waals surface area contributed by atoms with Crippen molar-refractivity contribution in [3.63, 3.8) is 0 Å². The Balaban J connectivity index is 1.41. The van der Waals surface area contributed by atoms with E-state index in [0.29, 0.717) is 17.3 Å². The second kappa shape index (κ2) is 8.43. The molecule has 146 valence electrons. The van der Waals surface area contributed by atoms with Gasteiger partial charge in [-0.3, -0.25) is 0 Å². The molecular formula is C21H19Cl2FN2O2. The van der Waals surface area contributed by atoms with Gasteiger partial charge in [-0.15, -0.1) is 0 Å². The third-order valence-electron chi connectivity index (χ3n) is 4.63. The van der Waals surface area contributed by atoms with Crippen molar-refractivity contribution in [1.29, 1.82) is 0 Å². The maximum atomic E-state index is 13.3. The Morgan fingerprint density at radius 3 is 2.54 bits per heavy atom. The number of ether oxygens (including phenoxy) is 1. The van der Waals surface area contributed by atoms with Crippen LogP contribution in [0.4, 0.5) is 15.8 Å². The summed E-state index contributed by atoms with van der Waals surface area (Å²) < 4.78 is 24.5. The first-order valence-electron chi connectivity index (χ1n) is 9.00. The molecule has 1 aliphatic heterocycles. The molecule has 0 amide bonds. The lowest BCUT2D eigenvalue weighted by molar-refractivity contribution is 0.122. The van der Waals surface area contributed by atoms with Gasteiger partial charge in [-0.05, 0) is 48.5 Å². The molecule has 1 saturated heterocycles. The number of anilines is 2. The van der Waals surface area contributed by atoms with Crippen molar-refractivity contribution in [1.82, 2.24) is 0 Å². The van der Waals surface area contributed by atoms with Gasteiger partial charge >= 0.3 is 0 Å². The third kappa shape index (κ3) is 4.27. The predicted molar refractivity (Wildman–Crippen MR) is 111 cm³/mol. The fourth-order valence-electron chi connectivity index (χ4n) is 3.14. The highest BCUT2D eigenvalue weighted by Gasteiger charge is 2.14. The van der Waals surface area contributed by atoms with Gasteiger partial charge in [-0.25, -0.2) is 4.39 Å². The summed E-state index contributed by atoms with van der Waals surface area (Å²) in [7, 11) is 0. The second-order valence-corrected chi connectivity index (χ2v) is 7.33. The molecule has 0 bridgehead atoms. The van der Waals surface area contributed by atoms with Crippen molar-refractivity contribution >= 4 is 34.6 Å². The minimum Gasteiger partial charge on any atom is -0.459 e. The molecule has 3 aromatic rings. The van der Waals surface area contributed by atoms with Gasteiger partial charge < -0.3 is 19.4 Å². The number of hydrogen-bond donors (Lipinski definition) is 1. The van der Waals surface area contributed by atoms with Crippen molar-refractivity contribution in [3.05, 3.63) is 70.2 Å². The van der Waals surface area contributed by atoms with Gasteiger partial charge in [-0.2, -0.15) is 0 Å². The first kappa shape index (κ1) is 19.1. The standard InChI is InChI=1S/C21H19Cl2FN2O2/c22-17-11-14(1-4-19(17)24)21-6-3-16(28-21)13-25-15-2-5-20(18(23)12-15)26-7-9-27-10-8-26/h1-6,11-12,25H,7-10,13H2. The SMILES string of the molecule is Fc1ccc(-c2ccc(CNc3ccc(N4CCOCC4)c(Cl)c3)o2)cc1Cl. The van der Waals surface area contributed by atoms with Crippen LogP contribution in [0.5, 0.6) is 0 Å². The van der Waals surface area contributed by atoms with E-state index < -0.39 is 5.82 Å². The highest BCUT2D eigenvalue weighted by molar-refractivity contribution is 6.33. The first-order chi connectivity index (χ1) is 13.6. The number of benzene rings is 2. The van der Waals surface area contributed by atoms with E-state index in [9.17, 15) is 4.39 Å². The number of hydrogen-bond acceptors (Lipinski definition) is 4. The molecule has 2 heterocycles. The van der Waals surface area contributed by atoms with Gasteiger partial charge in [0.2, 0.25) is 0 Å². The Morgan fingerprint density at radius 2 is 1.79 bits per heavy atom. The van der Waals surface area contributed by atoms with Crippen LogP contribution in [-0.2, 0) is 11.3 Å². The van der Waals surface area contributed by atoms with Crippen LogP contribution in [0.15, 0.2) is 52.9 Å². The zero-order valence-electron chi connectivity index (χ0n) is 15.1. The van der Waals surface area contributed by atoms with Crippen molar-refractivity contribution in [2.24, 2.45) is 0 Å². The van der Waals surface area contributed by atoms with Gasteiger partial charge in [0.1, 0.15) is 17.3 Å². The van der Waals surface area contributed by atoms with E-state index in [4.69, 9.17) is 32.4 Å². The molecule has 28 heavy (non-hydrogen) atoms. The molecular weight excluding hydrogens is 402 g/mol. The fourth-order valence-corrected chi connectivity index (χ4v) is 3.62. The summed E-state index contributed by atoms with van der Waals surface area (Å²) in [6, 6.07) is 14.2. The van der Waals surface area contributed by atoms with Crippen LogP contribution in [0.1, 0.15) is 5.76 Å². The molecule has 1 aromatic heterocycles. The van der Waals surface area contributed by atoms with Gasteiger partial charge in [0.25, 0.3) is 0 Å². The van der Waals surface area contributed by atoms with E-state index in [1.165, 1.54) is 6.07 Å². The van der Waals surface area contributed by atoms with E-state index in [0.717, 1.165) is 49.0 Å². The van der Waals surface area contributed by atoms with Crippen LogP contribution in [0.25, 0.3) is 11.3 Å². The zero-order chi connectivity index (χ0) is 19.5. The van der Waals surface area contributed by atoms with Crippen molar-refractivity contribution in [2.75, 3.05) is 36.5 Å². The molecule has 4 nitrogen and oxygen atoms in total. The summed E-state index contributed by atoms with van der Waals surface area (Å²) in [6.07, 6.45) is 0. The van der Waals surface area contributed by atoms with Crippen LogP contribution >= 0.6 is 23.2 Å². The number of rotatable bonds is 5. The van der Waals surface area contributed by atoms with Crippen molar-refractivity contribution < 1.29 is 13.5 Å². The number of nitrogens with zero attached hydrogens (tertiary/aromatic N) is 1. The van der Waals surface area contributed by atoms with Crippen LogP contribution in [0.3, 0.4) is 0 Å². The monoisotopic (exact) mass is 420 g/mol. The Kier molecular flexibility index (Phi) is 5.76.